The van der Waals surface area contributed by atoms with E-state index >= 15 is 0 Å². The normalized spacial score (nSPS) is 53.1. The molecule has 0 aromatic heterocycles. The third kappa shape index (κ3) is 3.22. The third-order valence-corrected chi connectivity index (χ3v) is 11.4. The van der Waals surface area contributed by atoms with Crippen molar-refractivity contribution in [1.82, 2.24) is 0 Å². The lowest BCUT2D eigenvalue weighted by Crippen LogP contribution is -2.52. The first-order valence-corrected chi connectivity index (χ1v) is 13.4. The zero-order valence-corrected chi connectivity index (χ0v) is 21.0. The number of allylic oxidation sites excluding steroid dienone is 1. The van der Waals surface area contributed by atoms with Crippen LogP contribution in [0.3, 0.4) is 0 Å². The fraction of sp³-hybridized carbons (Fsp3) is 0.929. The Kier molecular flexibility index (Phi) is 5.88. The fourth-order valence-electron chi connectivity index (χ4n) is 9.48. The molecule has 0 spiro atoms. The number of aliphatic hydroxyl groups excluding tert-OH is 2. The van der Waals surface area contributed by atoms with Crippen molar-refractivity contribution >= 4 is 0 Å². The molecule has 0 aromatic rings. The van der Waals surface area contributed by atoms with Gasteiger partial charge in [-0.3, -0.25) is 0 Å². The number of rotatable bonds is 5. The van der Waals surface area contributed by atoms with Crippen molar-refractivity contribution in [1.29, 1.82) is 0 Å². The topological polar surface area (TPSA) is 58.9 Å². The summed E-state index contributed by atoms with van der Waals surface area (Å²) in [6.45, 7) is 9.80. The Bertz CT molecular complexity index is 750. The van der Waals surface area contributed by atoms with E-state index in [0.29, 0.717) is 28.8 Å². The number of ether oxygens (including phenoxy) is 2. The molecule has 0 amide bonds. The molecule has 1 saturated heterocycles. The lowest BCUT2D eigenvalue weighted by molar-refractivity contribution is -0.238. The second kappa shape index (κ2) is 8.07. The van der Waals surface area contributed by atoms with Crippen LogP contribution in [0, 0.1) is 46.3 Å². The van der Waals surface area contributed by atoms with Crippen LogP contribution in [0.2, 0.25) is 0 Å². The van der Waals surface area contributed by atoms with Gasteiger partial charge in [-0.2, -0.15) is 0 Å². The SMILES string of the molecule is COC1(CCC(C)CO)OC2CC3C4CC=C5CC(O)CCC5(C)C4CCC3(C)C2C1C. The lowest BCUT2D eigenvalue weighted by atomic mass is 9.47. The summed E-state index contributed by atoms with van der Waals surface area (Å²) in [6.07, 6.45) is 12.5. The highest BCUT2D eigenvalue weighted by atomic mass is 16.7. The van der Waals surface area contributed by atoms with E-state index in [9.17, 15) is 10.2 Å². The maximum Gasteiger partial charge on any atom is 0.171 e. The molecule has 11 atom stereocenters. The summed E-state index contributed by atoms with van der Waals surface area (Å²) >= 11 is 0. The first-order chi connectivity index (χ1) is 15.2. The van der Waals surface area contributed by atoms with Crippen molar-refractivity contribution in [2.24, 2.45) is 46.3 Å². The van der Waals surface area contributed by atoms with Crippen LogP contribution in [0.15, 0.2) is 11.6 Å². The maximum atomic E-state index is 10.3. The molecule has 4 fully saturated rings. The molecule has 0 bridgehead atoms. The number of fused-ring (bicyclic) bond motifs is 7. The molecule has 2 N–H and O–H groups in total. The molecule has 5 aliphatic rings. The Hall–Kier alpha value is -0.420. The Morgan fingerprint density at radius 1 is 1.22 bits per heavy atom. The average Bonchev–Trinajstić information content (AvgIpc) is 3.23. The molecule has 3 saturated carbocycles. The summed E-state index contributed by atoms with van der Waals surface area (Å²) in [7, 11) is 1.82. The predicted octanol–water partition coefficient (Wildman–Crippen LogP) is 5.32. The van der Waals surface area contributed by atoms with Gasteiger partial charge in [-0.05, 0) is 91.8 Å². The Balaban J connectivity index is 1.39. The van der Waals surface area contributed by atoms with Gasteiger partial charge in [0.15, 0.2) is 5.79 Å². The predicted molar refractivity (Wildman–Crippen MR) is 126 cm³/mol. The summed E-state index contributed by atoms with van der Waals surface area (Å²) in [5.74, 6) is 2.98. The van der Waals surface area contributed by atoms with Gasteiger partial charge in [0, 0.05) is 26.1 Å². The minimum absolute atomic E-state index is 0.129. The zero-order chi connectivity index (χ0) is 22.9. The molecule has 5 rings (SSSR count). The highest BCUT2D eigenvalue weighted by Gasteiger charge is 2.68. The molecule has 4 aliphatic carbocycles. The van der Waals surface area contributed by atoms with Gasteiger partial charge in [-0.15, -0.1) is 0 Å². The van der Waals surface area contributed by atoms with Crippen molar-refractivity contribution in [2.45, 2.75) is 103 Å². The standard InChI is InChI=1S/C28H46O4/c1-17(16-29)8-13-28(31-5)18(2)25-24(32-28)15-23-21-7-6-19-14-20(30)9-11-26(19,3)22(21)10-12-27(23,25)4/h6,17-18,20-25,29-30H,7-16H2,1-5H3. The second-order valence-electron chi connectivity index (χ2n) is 12.7. The number of methoxy groups -OCH3 is 1. The first kappa shape index (κ1) is 23.3. The van der Waals surface area contributed by atoms with Gasteiger partial charge in [0.1, 0.15) is 0 Å². The van der Waals surface area contributed by atoms with Gasteiger partial charge >= 0.3 is 0 Å². The van der Waals surface area contributed by atoms with E-state index in [4.69, 9.17) is 9.47 Å². The monoisotopic (exact) mass is 446 g/mol. The Morgan fingerprint density at radius 3 is 2.72 bits per heavy atom. The van der Waals surface area contributed by atoms with Crippen molar-refractivity contribution in [3.8, 4) is 0 Å². The molecule has 182 valence electrons. The maximum absolute atomic E-state index is 10.3. The van der Waals surface area contributed by atoms with Gasteiger partial charge in [0.05, 0.1) is 12.2 Å². The third-order valence-electron chi connectivity index (χ3n) is 11.4. The van der Waals surface area contributed by atoms with Crippen LogP contribution in [0.4, 0.5) is 0 Å². The van der Waals surface area contributed by atoms with E-state index < -0.39 is 5.79 Å². The van der Waals surface area contributed by atoms with Crippen LogP contribution in [-0.4, -0.2) is 41.9 Å². The van der Waals surface area contributed by atoms with Crippen LogP contribution in [-0.2, 0) is 9.47 Å². The van der Waals surface area contributed by atoms with Crippen LogP contribution < -0.4 is 0 Å². The summed E-state index contributed by atoms with van der Waals surface area (Å²) in [4.78, 5) is 0. The van der Waals surface area contributed by atoms with Gasteiger partial charge in [-0.25, -0.2) is 0 Å². The highest BCUT2D eigenvalue weighted by molar-refractivity contribution is 5.26. The summed E-state index contributed by atoms with van der Waals surface area (Å²) in [5, 5.41) is 19.8. The zero-order valence-electron chi connectivity index (χ0n) is 21.0. The average molecular weight is 447 g/mol. The molecule has 1 aliphatic heterocycles. The van der Waals surface area contributed by atoms with Gasteiger partial charge < -0.3 is 19.7 Å². The minimum atomic E-state index is -0.491. The van der Waals surface area contributed by atoms with Crippen molar-refractivity contribution < 1.29 is 19.7 Å². The van der Waals surface area contributed by atoms with E-state index in [1.54, 1.807) is 5.57 Å². The van der Waals surface area contributed by atoms with Crippen molar-refractivity contribution in [3.63, 3.8) is 0 Å². The Labute approximate surface area is 195 Å². The van der Waals surface area contributed by atoms with Gasteiger partial charge in [-0.1, -0.05) is 39.3 Å². The number of hydrogen-bond donors (Lipinski definition) is 2. The van der Waals surface area contributed by atoms with Crippen LogP contribution >= 0.6 is 0 Å². The molecule has 0 radical (unpaired) electrons. The van der Waals surface area contributed by atoms with Crippen LogP contribution in [0.5, 0.6) is 0 Å². The Morgan fingerprint density at radius 2 is 2.00 bits per heavy atom. The van der Waals surface area contributed by atoms with E-state index in [-0.39, 0.29) is 18.6 Å². The van der Waals surface area contributed by atoms with E-state index in [2.05, 4.69) is 33.8 Å². The molecule has 4 nitrogen and oxygen atoms in total. The minimum Gasteiger partial charge on any atom is -0.396 e. The van der Waals surface area contributed by atoms with E-state index in [1.165, 1.54) is 25.7 Å². The summed E-state index contributed by atoms with van der Waals surface area (Å²) < 4.78 is 13.0. The molecule has 1 heterocycles. The molecule has 11 unspecified atom stereocenters. The highest BCUT2D eigenvalue weighted by Crippen LogP contribution is 2.70. The molecule has 32 heavy (non-hydrogen) atoms. The second-order valence-corrected chi connectivity index (χ2v) is 12.7. The molecular formula is C28H46O4. The summed E-state index contributed by atoms with van der Waals surface area (Å²) in [5.41, 5.74) is 2.18. The first-order valence-electron chi connectivity index (χ1n) is 13.4. The van der Waals surface area contributed by atoms with Gasteiger partial charge in [0.2, 0.25) is 0 Å². The van der Waals surface area contributed by atoms with Crippen molar-refractivity contribution in [2.75, 3.05) is 13.7 Å². The van der Waals surface area contributed by atoms with E-state index in [0.717, 1.165) is 49.9 Å². The lowest BCUT2D eigenvalue weighted by Gasteiger charge is -2.58. The van der Waals surface area contributed by atoms with Crippen LogP contribution in [0.25, 0.3) is 0 Å². The largest absolute Gasteiger partial charge is 0.396 e. The van der Waals surface area contributed by atoms with E-state index in [1.807, 2.05) is 7.11 Å². The quantitative estimate of drug-likeness (QED) is 0.561. The molecule has 0 aromatic carbocycles. The van der Waals surface area contributed by atoms with Crippen molar-refractivity contribution in [3.05, 3.63) is 11.6 Å². The van der Waals surface area contributed by atoms with Crippen LogP contribution in [0.1, 0.15) is 85.5 Å². The molecular weight excluding hydrogens is 400 g/mol. The van der Waals surface area contributed by atoms with Gasteiger partial charge in [0.25, 0.3) is 0 Å². The summed E-state index contributed by atoms with van der Waals surface area (Å²) in [6, 6.07) is 0. The molecule has 4 heteroatoms. The fourth-order valence-corrected chi connectivity index (χ4v) is 9.48. The number of aliphatic hydroxyl groups is 2. The smallest absolute Gasteiger partial charge is 0.171 e. The number of hydrogen-bond acceptors (Lipinski definition) is 4.